The van der Waals surface area contributed by atoms with Crippen molar-refractivity contribution in [3.63, 3.8) is 0 Å². The van der Waals surface area contributed by atoms with E-state index in [0.717, 1.165) is 12.8 Å². The Hall–Kier alpha value is -2.83. The molecule has 0 aliphatic carbocycles. The Labute approximate surface area is 188 Å². The average Bonchev–Trinajstić information content (AvgIpc) is 2.73. The molecule has 1 aromatic heterocycles. The highest BCUT2D eigenvalue weighted by molar-refractivity contribution is 7.89. The first kappa shape index (κ1) is 23.8. The molecule has 1 aliphatic heterocycles. The molecule has 0 saturated carbocycles. The summed E-state index contributed by atoms with van der Waals surface area (Å²) < 4.78 is 29.0. The van der Waals surface area contributed by atoms with Gasteiger partial charge in [0, 0.05) is 43.7 Å². The highest BCUT2D eigenvalue weighted by Crippen LogP contribution is 2.21. The number of rotatable bonds is 8. The molecule has 0 atom stereocenters. The molecule has 1 aromatic carbocycles. The van der Waals surface area contributed by atoms with Crippen molar-refractivity contribution in [2.45, 2.75) is 5.75 Å². The molecule has 2 amide bonds. The summed E-state index contributed by atoms with van der Waals surface area (Å²) in [7, 11) is 0.561. The van der Waals surface area contributed by atoms with Gasteiger partial charge in [-0.1, -0.05) is 0 Å². The third-order valence-corrected chi connectivity index (χ3v) is 5.38. The first-order chi connectivity index (χ1) is 15.2. The van der Waals surface area contributed by atoms with Crippen LogP contribution in [-0.2, 0) is 20.3 Å². The third kappa shape index (κ3) is 7.39. The number of likely N-dealkylation sites (N-methyl/N-ethyl adjacent to an activating group) is 1. The van der Waals surface area contributed by atoms with Gasteiger partial charge in [-0.2, -0.15) is 9.97 Å². The lowest BCUT2D eigenvalue weighted by Gasteiger charge is -2.27. The molecule has 1 aliphatic rings. The molecule has 1 saturated heterocycles. The lowest BCUT2D eigenvalue weighted by Crippen LogP contribution is -2.37. The Morgan fingerprint density at radius 3 is 2.44 bits per heavy atom. The van der Waals surface area contributed by atoms with Gasteiger partial charge in [0.2, 0.25) is 5.95 Å². The summed E-state index contributed by atoms with van der Waals surface area (Å²) in [5.74, 6) is 0.732. The smallest absolute Gasteiger partial charge is 0.319 e. The molecule has 0 radical (unpaired) electrons. The summed E-state index contributed by atoms with van der Waals surface area (Å²) in [5.41, 5.74) is 1.31. The predicted octanol–water partition coefficient (Wildman–Crippen LogP) is 0.603. The fourth-order valence-corrected chi connectivity index (χ4v) is 3.61. The average molecular weight is 464 g/mol. The lowest BCUT2D eigenvalue weighted by molar-refractivity contribution is 0.122. The zero-order valence-electron chi connectivity index (χ0n) is 18.5. The van der Waals surface area contributed by atoms with E-state index in [1.165, 1.54) is 0 Å². The van der Waals surface area contributed by atoms with E-state index in [4.69, 9.17) is 4.74 Å². The number of aromatic nitrogens is 3. The molecule has 11 nitrogen and oxygen atoms in total. The lowest BCUT2D eigenvalue weighted by atomic mass is 10.2. The van der Waals surface area contributed by atoms with Crippen LogP contribution in [0.25, 0.3) is 11.4 Å². The maximum Gasteiger partial charge on any atom is 0.319 e. The van der Waals surface area contributed by atoms with Gasteiger partial charge in [0.15, 0.2) is 15.7 Å². The number of morpholine rings is 1. The van der Waals surface area contributed by atoms with Gasteiger partial charge in [0.05, 0.1) is 13.2 Å². The number of nitrogens with one attached hydrogen (secondary N) is 2. The maximum atomic E-state index is 12.0. The van der Waals surface area contributed by atoms with E-state index in [-0.39, 0.29) is 17.6 Å². The Morgan fingerprint density at radius 1 is 1.12 bits per heavy atom. The van der Waals surface area contributed by atoms with E-state index in [1.54, 1.807) is 24.3 Å². The summed E-state index contributed by atoms with van der Waals surface area (Å²) in [5, 5.41) is 5.56. The van der Waals surface area contributed by atoms with Gasteiger partial charge in [0.25, 0.3) is 0 Å². The van der Waals surface area contributed by atoms with E-state index < -0.39 is 9.84 Å². The van der Waals surface area contributed by atoms with Crippen LogP contribution in [0.15, 0.2) is 24.3 Å². The van der Waals surface area contributed by atoms with E-state index in [9.17, 15) is 13.2 Å². The normalized spacial score (nSPS) is 14.4. The Kier molecular flexibility index (Phi) is 7.94. The number of ether oxygens (including phenoxy) is 1. The monoisotopic (exact) mass is 463 g/mol. The predicted molar refractivity (Wildman–Crippen MR) is 122 cm³/mol. The third-order valence-electron chi connectivity index (χ3n) is 4.60. The highest BCUT2D eigenvalue weighted by atomic mass is 32.2. The number of hydrogen-bond acceptors (Lipinski definition) is 9. The van der Waals surface area contributed by atoms with Crippen molar-refractivity contribution in [3.05, 3.63) is 30.1 Å². The van der Waals surface area contributed by atoms with Gasteiger partial charge in [0.1, 0.15) is 11.6 Å². The van der Waals surface area contributed by atoms with Gasteiger partial charge < -0.3 is 25.2 Å². The number of sulfone groups is 1. The number of carbonyl (C=O) groups excluding carboxylic acids is 1. The summed E-state index contributed by atoms with van der Waals surface area (Å²) in [6, 6.07) is 6.76. The number of anilines is 2. The zero-order valence-corrected chi connectivity index (χ0v) is 19.4. The zero-order chi connectivity index (χ0) is 23.1. The Balaban J connectivity index is 1.78. The van der Waals surface area contributed by atoms with Gasteiger partial charge in [-0.05, 0) is 38.4 Å². The molecule has 0 spiro atoms. The SMILES string of the molecule is CN(C)CCNC(=O)Nc1ccc(-c2nc(CS(C)(=O)=O)nc(N3CCOCC3)n2)cc1. The molecule has 2 heterocycles. The number of nitrogens with zero attached hydrogens (tertiary/aromatic N) is 5. The second kappa shape index (κ2) is 10.7. The number of urea groups is 1. The van der Waals surface area contributed by atoms with Crippen LogP contribution in [0.3, 0.4) is 0 Å². The van der Waals surface area contributed by atoms with Crippen LogP contribution in [0.1, 0.15) is 5.82 Å². The number of hydrogen-bond donors (Lipinski definition) is 2. The van der Waals surface area contributed by atoms with Crippen LogP contribution in [0.2, 0.25) is 0 Å². The van der Waals surface area contributed by atoms with Crippen LogP contribution in [0.4, 0.5) is 16.4 Å². The van der Waals surface area contributed by atoms with Crippen LogP contribution in [-0.4, -0.2) is 94.0 Å². The van der Waals surface area contributed by atoms with Crippen LogP contribution < -0.4 is 15.5 Å². The van der Waals surface area contributed by atoms with Crippen molar-refractivity contribution in [1.82, 2.24) is 25.2 Å². The summed E-state index contributed by atoms with van der Waals surface area (Å²) >= 11 is 0. The molecule has 32 heavy (non-hydrogen) atoms. The van der Waals surface area contributed by atoms with Crippen LogP contribution in [0, 0.1) is 0 Å². The van der Waals surface area contributed by atoms with E-state index in [1.807, 2.05) is 23.9 Å². The van der Waals surface area contributed by atoms with E-state index >= 15 is 0 Å². The molecule has 174 valence electrons. The van der Waals surface area contributed by atoms with Gasteiger partial charge in [-0.25, -0.2) is 18.2 Å². The molecule has 3 rings (SSSR count). The summed E-state index contributed by atoms with van der Waals surface area (Å²) in [6.07, 6.45) is 1.15. The minimum atomic E-state index is -3.31. The van der Waals surface area contributed by atoms with Gasteiger partial charge >= 0.3 is 6.03 Å². The van der Waals surface area contributed by atoms with Crippen molar-refractivity contribution >= 4 is 27.5 Å². The highest BCUT2D eigenvalue weighted by Gasteiger charge is 2.19. The minimum absolute atomic E-state index is 0.196. The van der Waals surface area contributed by atoms with Crippen LogP contribution in [0.5, 0.6) is 0 Å². The van der Waals surface area contributed by atoms with Crippen molar-refractivity contribution in [1.29, 1.82) is 0 Å². The Morgan fingerprint density at radius 2 is 1.81 bits per heavy atom. The first-order valence-electron chi connectivity index (χ1n) is 10.2. The molecule has 12 heteroatoms. The standard InChI is InChI=1S/C20H29N7O4S/c1-26(2)9-8-21-20(28)22-16-6-4-15(5-7-16)18-23-17(14-32(3,29)30)24-19(25-18)27-10-12-31-13-11-27/h4-7H,8-14H2,1-3H3,(H2,21,22,28). The quantitative estimate of drug-likeness (QED) is 0.578. The van der Waals surface area contributed by atoms with Crippen molar-refractivity contribution in [2.75, 3.05) is 70.0 Å². The fraction of sp³-hybridized carbons (Fsp3) is 0.500. The van der Waals surface area contributed by atoms with Gasteiger partial charge in [-0.15, -0.1) is 0 Å². The number of benzene rings is 1. The first-order valence-corrected chi connectivity index (χ1v) is 12.3. The topological polar surface area (TPSA) is 130 Å². The molecular weight excluding hydrogens is 434 g/mol. The van der Waals surface area contributed by atoms with Crippen molar-refractivity contribution < 1.29 is 17.9 Å². The van der Waals surface area contributed by atoms with Crippen molar-refractivity contribution in [2.24, 2.45) is 0 Å². The fourth-order valence-electron chi connectivity index (χ4n) is 3.01. The second-order valence-corrected chi connectivity index (χ2v) is 9.95. The molecule has 2 aromatic rings. The molecule has 2 N–H and O–H groups in total. The van der Waals surface area contributed by atoms with Gasteiger partial charge in [-0.3, -0.25) is 0 Å². The van der Waals surface area contributed by atoms with E-state index in [0.29, 0.717) is 55.9 Å². The molecule has 1 fully saturated rings. The molecular formula is C20H29N7O4S. The summed E-state index contributed by atoms with van der Waals surface area (Å²) in [4.78, 5) is 29.2. The van der Waals surface area contributed by atoms with E-state index in [2.05, 4.69) is 25.6 Å². The van der Waals surface area contributed by atoms with Crippen molar-refractivity contribution in [3.8, 4) is 11.4 Å². The Bertz CT molecular complexity index is 1020. The number of carbonyl (C=O) groups is 1. The molecule has 0 unspecified atom stereocenters. The molecule has 0 bridgehead atoms. The maximum absolute atomic E-state index is 12.0. The van der Waals surface area contributed by atoms with Crippen LogP contribution >= 0.6 is 0 Å². The minimum Gasteiger partial charge on any atom is -0.378 e. The number of amides is 2. The summed E-state index contributed by atoms with van der Waals surface area (Å²) in [6.45, 7) is 3.63. The largest absolute Gasteiger partial charge is 0.378 e. The second-order valence-electron chi connectivity index (χ2n) is 7.81.